The molecule has 0 radical (unpaired) electrons. The highest BCUT2D eigenvalue weighted by Gasteiger charge is 2.07. The summed E-state index contributed by atoms with van der Waals surface area (Å²) < 4.78 is 5.03. The molecule has 4 heteroatoms. The molecule has 0 aliphatic heterocycles. The molecule has 0 unspecified atom stereocenters. The lowest BCUT2D eigenvalue weighted by Crippen LogP contribution is -1.77. The predicted molar refractivity (Wildman–Crippen MR) is 66.9 cm³/mol. The monoisotopic (exact) mass is 243 g/mol. The van der Waals surface area contributed by atoms with Gasteiger partial charge in [0.1, 0.15) is 10.8 Å². The van der Waals surface area contributed by atoms with Crippen molar-refractivity contribution in [3.63, 3.8) is 0 Å². The van der Waals surface area contributed by atoms with E-state index in [0.29, 0.717) is 0 Å². The van der Waals surface area contributed by atoms with Crippen LogP contribution in [0.2, 0.25) is 0 Å². The van der Waals surface area contributed by atoms with E-state index in [1.165, 1.54) is 0 Å². The molecule has 1 N–H and O–H groups in total. The average molecular weight is 243 g/mol. The second-order valence-corrected chi connectivity index (χ2v) is 4.46. The number of hydrogen-bond acceptors (Lipinski definition) is 4. The number of phenolic OH excluding ortho intramolecular Hbond substituents is 1. The number of aromatic nitrogens is 1. The Morgan fingerprint density at radius 2 is 2.12 bits per heavy atom. The Labute approximate surface area is 102 Å². The third-order valence-corrected chi connectivity index (χ3v) is 3.31. The minimum absolute atomic E-state index is 0.252. The molecule has 0 aliphatic rings. The molecule has 0 aliphatic carbocycles. The normalized spacial score (nSPS) is 10.6. The molecular weight excluding hydrogens is 234 g/mol. The average Bonchev–Trinajstić information content (AvgIpc) is 3.00. The molecule has 3 nitrogen and oxygen atoms in total. The van der Waals surface area contributed by atoms with E-state index in [-0.39, 0.29) is 5.75 Å². The van der Waals surface area contributed by atoms with Gasteiger partial charge in [0.05, 0.1) is 18.2 Å². The predicted octanol–water partition coefficient (Wildman–Crippen LogP) is 3.78. The zero-order valence-electron chi connectivity index (χ0n) is 8.83. The van der Waals surface area contributed by atoms with Gasteiger partial charge in [0.15, 0.2) is 0 Å². The first-order valence-corrected chi connectivity index (χ1v) is 5.98. The van der Waals surface area contributed by atoms with E-state index in [9.17, 15) is 5.11 Å². The van der Waals surface area contributed by atoms with Gasteiger partial charge in [-0.15, -0.1) is 11.3 Å². The molecule has 3 rings (SSSR count). The fourth-order valence-electron chi connectivity index (χ4n) is 1.59. The molecular formula is C13H9NO2S. The van der Waals surface area contributed by atoms with E-state index in [1.54, 1.807) is 36.0 Å². The maximum atomic E-state index is 9.43. The summed E-state index contributed by atoms with van der Waals surface area (Å²) in [4.78, 5) is 4.51. The number of phenols is 1. The van der Waals surface area contributed by atoms with Gasteiger partial charge in [-0.1, -0.05) is 12.1 Å². The van der Waals surface area contributed by atoms with Gasteiger partial charge in [-0.3, -0.25) is 0 Å². The largest absolute Gasteiger partial charge is 0.508 e. The fourth-order valence-corrected chi connectivity index (χ4v) is 2.41. The van der Waals surface area contributed by atoms with Gasteiger partial charge in [-0.05, 0) is 18.2 Å². The summed E-state index contributed by atoms with van der Waals surface area (Å²) in [6.07, 6.45) is 3.30. The van der Waals surface area contributed by atoms with Crippen molar-refractivity contribution in [1.82, 2.24) is 4.98 Å². The molecule has 0 amide bonds. The summed E-state index contributed by atoms with van der Waals surface area (Å²) in [6.45, 7) is 0. The molecule has 0 saturated heterocycles. The van der Waals surface area contributed by atoms with Crippen molar-refractivity contribution in [2.75, 3.05) is 0 Å². The van der Waals surface area contributed by atoms with Gasteiger partial charge in [0.25, 0.3) is 0 Å². The lowest BCUT2D eigenvalue weighted by atomic mass is 10.2. The van der Waals surface area contributed by atoms with Crippen LogP contribution in [0.15, 0.2) is 52.7 Å². The quantitative estimate of drug-likeness (QED) is 0.745. The number of benzene rings is 1. The molecule has 0 saturated carbocycles. The number of hydrogen-bond donors (Lipinski definition) is 1. The third-order valence-electron chi connectivity index (χ3n) is 2.41. The fraction of sp³-hybridized carbons (Fsp3) is 0. The van der Waals surface area contributed by atoms with E-state index >= 15 is 0 Å². The summed E-state index contributed by atoms with van der Waals surface area (Å²) in [5.41, 5.74) is 2.78. The van der Waals surface area contributed by atoms with Crippen LogP contribution in [0.4, 0.5) is 0 Å². The molecule has 3 aromatic rings. The van der Waals surface area contributed by atoms with Gasteiger partial charge in [0.2, 0.25) is 0 Å². The van der Waals surface area contributed by atoms with Crippen molar-refractivity contribution >= 4 is 11.3 Å². The van der Waals surface area contributed by atoms with Crippen LogP contribution in [0.5, 0.6) is 5.75 Å². The Bertz CT molecular complexity index is 628. The van der Waals surface area contributed by atoms with Crippen molar-refractivity contribution in [2.24, 2.45) is 0 Å². The van der Waals surface area contributed by atoms with Crippen molar-refractivity contribution in [3.8, 4) is 27.6 Å². The Morgan fingerprint density at radius 3 is 2.88 bits per heavy atom. The minimum atomic E-state index is 0.252. The van der Waals surface area contributed by atoms with Crippen LogP contribution in [0.3, 0.4) is 0 Å². The second kappa shape index (κ2) is 4.07. The van der Waals surface area contributed by atoms with Gasteiger partial charge in [-0.25, -0.2) is 4.98 Å². The van der Waals surface area contributed by atoms with Crippen molar-refractivity contribution in [3.05, 3.63) is 48.2 Å². The first-order valence-electron chi connectivity index (χ1n) is 5.10. The summed E-state index contributed by atoms with van der Waals surface area (Å²) >= 11 is 1.55. The summed E-state index contributed by atoms with van der Waals surface area (Å²) in [6, 6.07) is 8.97. The summed E-state index contributed by atoms with van der Waals surface area (Å²) in [5.74, 6) is 0.252. The van der Waals surface area contributed by atoms with Crippen LogP contribution in [0.25, 0.3) is 21.8 Å². The topological polar surface area (TPSA) is 46.3 Å². The van der Waals surface area contributed by atoms with Crippen LogP contribution >= 0.6 is 11.3 Å². The SMILES string of the molecule is Oc1cccc(-c2nc(-c3ccoc3)cs2)c1. The Balaban J connectivity index is 2.01. The van der Waals surface area contributed by atoms with E-state index in [2.05, 4.69) is 4.98 Å². The van der Waals surface area contributed by atoms with Gasteiger partial charge in [-0.2, -0.15) is 0 Å². The first kappa shape index (κ1) is 10.1. The Kier molecular flexibility index (Phi) is 2.42. The number of furan rings is 1. The van der Waals surface area contributed by atoms with Crippen LogP contribution in [-0.4, -0.2) is 10.1 Å². The second-order valence-electron chi connectivity index (χ2n) is 3.60. The van der Waals surface area contributed by atoms with Gasteiger partial charge < -0.3 is 9.52 Å². The lowest BCUT2D eigenvalue weighted by molar-refractivity contribution is 0.475. The maximum Gasteiger partial charge on any atom is 0.124 e. The molecule has 2 aromatic heterocycles. The highest BCUT2D eigenvalue weighted by molar-refractivity contribution is 7.13. The number of nitrogens with zero attached hydrogens (tertiary/aromatic N) is 1. The molecule has 0 spiro atoms. The van der Waals surface area contributed by atoms with Crippen LogP contribution in [0.1, 0.15) is 0 Å². The third kappa shape index (κ3) is 1.94. The zero-order valence-corrected chi connectivity index (χ0v) is 9.65. The van der Waals surface area contributed by atoms with Crippen molar-refractivity contribution < 1.29 is 9.52 Å². The number of thiazole rings is 1. The molecule has 0 bridgehead atoms. The standard InChI is InChI=1S/C13H9NO2S/c15-11-3-1-2-9(6-11)13-14-12(8-17-13)10-4-5-16-7-10/h1-8,15H. The number of aromatic hydroxyl groups is 1. The van der Waals surface area contributed by atoms with Gasteiger partial charge in [0, 0.05) is 16.5 Å². The zero-order chi connectivity index (χ0) is 11.7. The minimum Gasteiger partial charge on any atom is -0.508 e. The van der Waals surface area contributed by atoms with E-state index < -0.39 is 0 Å². The lowest BCUT2D eigenvalue weighted by Gasteiger charge is -1.96. The highest BCUT2D eigenvalue weighted by Crippen LogP contribution is 2.30. The van der Waals surface area contributed by atoms with Gasteiger partial charge >= 0.3 is 0 Å². The molecule has 2 heterocycles. The van der Waals surface area contributed by atoms with E-state index in [4.69, 9.17) is 4.42 Å². The molecule has 1 aromatic carbocycles. The number of rotatable bonds is 2. The van der Waals surface area contributed by atoms with E-state index in [0.717, 1.165) is 21.8 Å². The Morgan fingerprint density at radius 1 is 1.18 bits per heavy atom. The van der Waals surface area contributed by atoms with E-state index in [1.807, 2.05) is 23.6 Å². The van der Waals surface area contributed by atoms with Crippen LogP contribution in [-0.2, 0) is 0 Å². The van der Waals surface area contributed by atoms with Crippen LogP contribution < -0.4 is 0 Å². The molecule has 0 fully saturated rings. The molecule has 17 heavy (non-hydrogen) atoms. The Hall–Kier alpha value is -2.07. The smallest absolute Gasteiger partial charge is 0.124 e. The summed E-state index contributed by atoms with van der Waals surface area (Å²) in [7, 11) is 0. The first-order chi connectivity index (χ1) is 8.33. The summed E-state index contributed by atoms with van der Waals surface area (Å²) in [5, 5.41) is 12.3. The maximum absolute atomic E-state index is 9.43. The van der Waals surface area contributed by atoms with Crippen molar-refractivity contribution in [1.29, 1.82) is 0 Å². The molecule has 0 atom stereocenters. The van der Waals surface area contributed by atoms with Crippen molar-refractivity contribution in [2.45, 2.75) is 0 Å². The van der Waals surface area contributed by atoms with Crippen LogP contribution in [0, 0.1) is 0 Å². The highest BCUT2D eigenvalue weighted by atomic mass is 32.1. The molecule has 84 valence electrons.